The molecule has 1 aromatic carbocycles. The third-order valence-electron chi connectivity index (χ3n) is 4.05. The van der Waals surface area contributed by atoms with E-state index in [-0.39, 0.29) is 12.0 Å². The monoisotopic (exact) mass is 260 g/mol. The van der Waals surface area contributed by atoms with Crippen LogP contribution in [0.25, 0.3) is 0 Å². The van der Waals surface area contributed by atoms with Crippen molar-refractivity contribution in [3.63, 3.8) is 0 Å². The first-order valence-electron chi connectivity index (χ1n) is 6.96. The van der Waals surface area contributed by atoms with Crippen molar-refractivity contribution in [2.24, 2.45) is 0 Å². The largest absolute Gasteiger partial charge is 0.399 e. The van der Waals surface area contributed by atoms with E-state index in [0.717, 1.165) is 36.9 Å². The minimum Gasteiger partial charge on any atom is -0.399 e. The summed E-state index contributed by atoms with van der Waals surface area (Å²) in [7, 11) is 0. The van der Waals surface area contributed by atoms with E-state index in [0.29, 0.717) is 18.3 Å². The topological polar surface area (TPSA) is 55.6 Å². The number of nitrogens with zero attached hydrogens (tertiary/aromatic N) is 1. The van der Waals surface area contributed by atoms with Crippen molar-refractivity contribution in [1.29, 1.82) is 0 Å². The molecule has 102 valence electrons. The van der Waals surface area contributed by atoms with Crippen molar-refractivity contribution in [3.8, 4) is 0 Å². The predicted octanol–water partition coefficient (Wildman–Crippen LogP) is 1.83. The van der Waals surface area contributed by atoms with Crippen LogP contribution in [-0.2, 0) is 11.2 Å². The third-order valence-corrected chi connectivity index (χ3v) is 4.05. The Labute approximate surface area is 113 Å². The summed E-state index contributed by atoms with van der Waals surface area (Å²) in [4.78, 5) is 14.4. The zero-order valence-electron chi connectivity index (χ0n) is 11.3. The SMILES string of the molecule is CC1CCC(CN2CCc3ccc(N)cc3C2=O)O1. The Kier molecular flexibility index (Phi) is 3.19. The molecule has 1 saturated heterocycles. The number of anilines is 1. The van der Waals surface area contributed by atoms with Crippen molar-refractivity contribution in [2.45, 2.75) is 38.4 Å². The molecule has 0 bridgehead atoms. The maximum absolute atomic E-state index is 12.5. The number of ether oxygens (including phenoxy) is 1. The molecule has 2 heterocycles. The Bertz CT molecular complexity index is 501. The normalized spacial score (nSPS) is 26.6. The number of nitrogen functional groups attached to an aromatic ring is 1. The summed E-state index contributed by atoms with van der Waals surface area (Å²) in [5.41, 5.74) is 8.30. The number of carbonyl (C=O) groups is 1. The van der Waals surface area contributed by atoms with Crippen LogP contribution in [0.15, 0.2) is 18.2 Å². The lowest BCUT2D eigenvalue weighted by atomic mass is 9.98. The van der Waals surface area contributed by atoms with Gasteiger partial charge in [-0.1, -0.05) is 6.07 Å². The van der Waals surface area contributed by atoms with E-state index >= 15 is 0 Å². The Morgan fingerprint density at radius 3 is 3.00 bits per heavy atom. The van der Waals surface area contributed by atoms with Gasteiger partial charge in [0, 0.05) is 24.3 Å². The van der Waals surface area contributed by atoms with Crippen molar-refractivity contribution in [1.82, 2.24) is 4.90 Å². The predicted molar refractivity (Wildman–Crippen MR) is 74.0 cm³/mol. The second-order valence-electron chi connectivity index (χ2n) is 5.56. The second-order valence-corrected chi connectivity index (χ2v) is 5.56. The van der Waals surface area contributed by atoms with Gasteiger partial charge in [-0.25, -0.2) is 0 Å². The van der Waals surface area contributed by atoms with Crippen LogP contribution < -0.4 is 5.73 Å². The van der Waals surface area contributed by atoms with E-state index in [9.17, 15) is 4.79 Å². The van der Waals surface area contributed by atoms with Crippen LogP contribution in [0.2, 0.25) is 0 Å². The lowest BCUT2D eigenvalue weighted by Gasteiger charge is -2.30. The number of rotatable bonds is 2. The van der Waals surface area contributed by atoms with Gasteiger partial charge in [-0.2, -0.15) is 0 Å². The number of fused-ring (bicyclic) bond motifs is 1. The molecule has 0 aliphatic carbocycles. The Morgan fingerprint density at radius 1 is 1.42 bits per heavy atom. The van der Waals surface area contributed by atoms with Gasteiger partial charge < -0.3 is 15.4 Å². The molecule has 4 heteroatoms. The van der Waals surface area contributed by atoms with Crippen molar-refractivity contribution >= 4 is 11.6 Å². The fraction of sp³-hybridized carbons (Fsp3) is 0.533. The lowest BCUT2D eigenvalue weighted by molar-refractivity contribution is 0.0272. The first-order valence-corrected chi connectivity index (χ1v) is 6.96. The summed E-state index contributed by atoms with van der Waals surface area (Å²) in [6, 6.07) is 5.62. The molecule has 0 radical (unpaired) electrons. The van der Waals surface area contributed by atoms with Gasteiger partial charge in [0.05, 0.1) is 12.2 Å². The molecule has 0 saturated carbocycles. The zero-order valence-corrected chi connectivity index (χ0v) is 11.3. The van der Waals surface area contributed by atoms with Gasteiger partial charge in [-0.15, -0.1) is 0 Å². The summed E-state index contributed by atoms with van der Waals surface area (Å²) in [6.07, 6.45) is 3.57. The highest BCUT2D eigenvalue weighted by Gasteiger charge is 2.29. The molecule has 2 aliphatic rings. The minimum absolute atomic E-state index is 0.0942. The molecule has 1 amide bonds. The molecule has 19 heavy (non-hydrogen) atoms. The maximum atomic E-state index is 12.5. The summed E-state index contributed by atoms with van der Waals surface area (Å²) in [5.74, 6) is 0.0942. The smallest absolute Gasteiger partial charge is 0.254 e. The molecule has 2 atom stereocenters. The van der Waals surface area contributed by atoms with Crippen molar-refractivity contribution in [3.05, 3.63) is 29.3 Å². The maximum Gasteiger partial charge on any atom is 0.254 e. The van der Waals surface area contributed by atoms with E-state index in [1.54, 1.807) is 6.07 Å². The summed E-state index contributed by atoms with van der Waals surface area (Å²) in [5, 5.41) is 0. The average Bonchev–Trinajstić information content (AvgIpc) is 2.79. The van der Waals surface area contributed by atoms with Crippen LogP contribution in [0.5, 0.6) is 0 Å². The Hall–Kier alpha value is -1.55. The van der Waals surface area contributed by atoms with E-state index in [1.807, 2.05) is 17.0 Å². The van der Waals surface area contributed by atoms with Crippen LogP contribution in [0, 0.1) is 0 Å². The van der Waals surface area contributed by atoms with Gasteiger partial charge in [-0.3, -0.25) is 4.79 Å². The summed E-state index contributed by atoms with van der Waals surface area (Å²) in [6.45, 7) is 3.58. The molecular formula is C15H20N2O2. The van der Waals surface area contributed by atoms with E-state index in [2.05, 4.69) is 6.92 Å². The van der Waals surface area contributed by atoms with Gasteiger partial charge in [0.1, 0.15) is 0 Å². The van der Waals surface area contributed by atoms with Crippen molar-refractivity contribution in [2.75, 3.05) is 18.8 Å². The third kappa shape index (κ3) is 2.45. The van der Waals surface area contributed by atoms with E-state index < -0.39 is 0 Å². The standard InChI is InChI=1S/C15H20N2O2/c1-10-2-5-13(19-10)9-17-7-6-11-3-4-12(16)8-14(11)15(17)18/h3-4,8,10,13H,2,5-7,9,16H2,1H3. The minimum atomic E-state index is 0.0942. The molecule has 2 N–H and O–H groups in total. The molecule has 3 rings (SSSR count). The highest BCUT2D eigenvalue weighted by molar-refractivity contribution is 5.97. The van der Waals surface area contributed by atoms with Crippen molar-refractivity contribution < 1.29 is 9.53 Å². The lowest BCUT2D eigenvalue weighted by Crippen LogP contribution is -2.42. The van der Waals surface area contributed by atoms with Gasteiger partial charge in [0.15, 0.2) is 0 Å². The highest BCUT2D eigenvalue weighted by atomic mass is 16.5. The average molecular weight is 260 g/mol. The molecule has 1 fully saturated rings. The Balaban J connectivity index is 1.74. The number of nitrogens with two attached hydrogens (primary N) is 1. The van der Waals surface area contributed by atoms with E-state index in [4.69, 9.17) is 10.5 Å². The highest BCUT2D eigenvalue weighted by Crippen LogP contribution is 2.24. The molecule has 2 aliphatic heterocycles. The molecule has 0 spiro atoms. The molecule has 2 unspecified atom stereocenters. The fourth-order valence-electron chi connectivity index (χ4n) is 2.98. The van der Waals surface area contributed by atoms with Crippen LogP contribution in [-0.4, -0.2) is 36.1 Å². The fourth-order valence-corrected chi connectivity index (χ4v) is 2.98. The molecular weight excluding hydrogens is 240 g/mol. The van der Waals surface area contributed by atoms with Gasteiger partial charge >= 0.3 is 0 Å². The second kappa shape index (κ2) is 4.85. The van der Waals surface area contributed by atoms with Crippen LogP contribution in [0.1, 0.15) is 35.7 Å². The number of carbonyl (C=O) groups excluding carboxylic acids is 1. The quantitative estimate of drug-likeness (QED) is 0.825. The van der Waals surface area contributed by atoms with Crippen LogP contribution in [0.4, 0.5) is 5.69 Å². The molecule has 4 nitrogen and oxygen atoms in total. The van der Waals surface area contributed by atoms with Gasteiger partial charge in [0.2, 0.25) is 0 Å². The number of benzene rings is 1. The van der Waals surface area contributed by atoms with Crippen LogP contribution in [0.3, 0.4) is 0 Å². The number of hydrogen-bond donors (Lipinski definition) is 1. The zero-order chi connectivity index (χ0) is 13.4. The summed E-state index contributed by atoms with van der Waals surface area (Å²) < 4.78 is 5.81. The molecule has 0 aromatic heterocycles. The van der Waals surface area contributed by atoms with Crippen LogP contribution >= 0.6 is 0 Å². The van der Waals surface area contributed by atoms with Gasteiger partial charge in [-0.05, 0) is 43.9 Å². The van der Waals surface area contributed by atoms with Gasteiger partial charge in [0.25, 0.3) is 5.91 Å². The Morgan fingerprint density at radius 2 is 2.26 bits per heavy atom. The number of amides is 1. The van der Waals surface area contributed by atoms with E-state index in [1.165, 1.54) is 0 Å². The summed E-state index contributed by atoms with van der Waals surface area (Å²) >= 11 is 0. The first-order chi connectivity index (χ1) is 9.13. The molecule has 1 aromatic rings. The number of hydrogen-bond acceptors (Lipinski definition) is 3. The first kappa shape index (κ1) is 12.5.